The minimum absolute atomic E-state index is 0.0679. The SMILES string of the molecule is CC(C)c1ncc(CN(C)Cc2cc(=O)[nH]c3ccccc23)cn1. The van der Waals surface area contributed by atoms with Crippen LogP contribution >= 0.6 is 0 Å². The molecule has 0 radical (unpaired) electrons. The molecule has 3 aromatic rings. The molecule has 0 fully saturated rings. The first-order valence-electron chi connectivity index (χ1n) is 8.13. The van der Waals surface area contributed by atoms with Crippen molar-refractivity contribution in [3.8, 4) is 0 Å². The van der Waals surface area contributed by atoms with Crippen molar-refractivity contribution in [2.75, 3.05) is 7.05 Å². The van der Waals surface area contributed by atoms with Gasteiger partial charge in [0.2, 0.25) is 5.56 Å². The number of hydrogen-bond donors (Lipinski definition) is 1. The second-order valence-electron chi connectivity index (χ2n) is 6.48. The van der Waals surface area contributed by atoms with E-state index in [0.717, 1.165) is 34.4 Å². The number of nitrogens with one attached hydrogen (secondary N) is 1. The molecule has 0 aliphatic heterocycles. The largest absolute Gasteiger partial charge is 0.322 e. The molecule has 2 aromatic heterocycles. The molecule has 1 aromatic carbocycles. The quantitative estimate of drug-likeness (QED) is 0.784. The molecule has 0 saturated heterocycles. The molecule has 1 N–H and O–H groups in total. The van der Waals surface area contributed by atoms with Crippen LogP contribution in [0.1, 0.15) is 36.7 Å². The van der Waals surface area contributed by atoms with Crippen molar-refractivity contribution >= 4 is 10.9 Å². The molecule has 124 valence electrons. The molecule has 0 amide bonds. The summed E-state index contributed by atoms with van der Waals surface area (Å²) in [6.07, 6.45) is 3.77. The Morgan fingerprint density at radius 3 is 2.54 bits per heavy atom. The molecular formula is C19H22N4O. The molecule has 0 aliphatic carbocycles. The summed E-state index contributed by atoms with van der Waals surface area (Å²) in [6, 6.07) is 9.56. The molecular weight excluding hydrogens is 300 g/mol. The lowest BCUT2D eigenvalue weighted by Gasteiger charge is -2.18. The first kappa shape index (κ1) is 16.3. The first-order chi connectivity index (χ1) is 11.5. The summed E-state index contributed by atoms with van der Waals surface area (Å²) >= 11 is 0. The van der Waals surface area contributed by atoms with Crippen molar-refractivity contribution in [1.82, 2.24) is 19.9 Å². The summed E-state index contributed by atoms with van der Waals surface area (Å²) in [5.74, 6) is 1.20. The molecule has 5 nitrogen and oxygen atoms in total. The molecule has 24 heavy (non-hydrogen) atoms. The Morgan fingerprint density at radius 1 is 1.12 bits per heavy atom. The van der Waals surface area contributed by atoms with Gasteiger partial charge in [-0.3, -0.25) is 9.69 Å². The molecule has 0 spiro atoms. The monoisotopic (exact) mass is 322 g/mol. The van der Waals surface area contributed by atoms with Gasteiger partial charge >= 0.3 is 0 Å². The van der Waals surface area contributed by atoms with Crippen LogP contribution in [-0.2, 0) is 13.1 Å². The van der Waals surface area contributed by atoms with Crippen LogP contribution in [0.25, 0.3) is 10.9 Å². The molecule has 0 saturated carbocycles. The van der Waals surface area contributed by atoms with Gasteiger partial charge in [-0.25, -0.2) is 9.97 Å². The van der Waals surface area contributed by atoms with E-state index < -0.39 is 0 Å². The maximum absolute atomic E-state index is 11.9. The number of aromatic amines is 1. The van der Waals surface area contributed by atoms with E-state index in [1.165, 1.54) is 0 Å². The second-order valence-corrected chi connectivity index (χ2v) is 6.48. The van der Waals surface area contributed by atoms with Crippen molar-refractivity contribution in [1.29, 1.82) is 0 Å². The number of para-hydroxylation sites is 1. The van der Waals surface area contributed by atoms with Crippen LogP contribution < -0.4 is 5.56 Å². The lowest BCUT2D eigenvalue weighted by atomic mass is 10.1. The van der Waals surface area contributed by atoms with Gasteiger partial charge in [0.1, 0.15) is 5.82 Å². The number of H-pyrrole nitrogens is 1. The van der Waals surface area contributed by atoms with Gasteiger partial charge in [-0.2, -0.15) is 0 Å². The summed E-state index contributed by atoms with van der Waals surface area (Å²) in [4.78, 5) is 25.7. The van der Waals surface area contributed by atoms with Crippen molar-refractivity contribution in [2.45, 2.75) is 32.9 Å². The van der Waals surface area contributed by atoms with E-state index in [1.807, 2.05) is 43.7 Å². The second kappa shape index (κ2) is 6.93. The Balaban J connectivity index is 1.77. The minimum Gasteiger partial charge on any atom is -0.322 e. The number of nitrogens with zero attached hydrogens (tertiary/aromatic N) is 3. The molecule has 3 rings (SSSR count). The fraction of sp³-hybridized carbons (Fsp3) is 0.316. The van der Waals surface area contributed by atoms with Gasteiger partial charge in [0.15, 0.2) is 0 Å². The number of rotatable bonds is 5. The smallest absolute Gasteiger partial charge is 0.248 e. The highest BCUT2D eigenvalue weighted by Gasteiger charge is 2.08. The topological polar surface area (TPSA) is 61.9 Å². The number of benzene rings is 1. The molecule has 5 heteroatoms. The fourth-order valence-electron chi connectivity index (χ4n) is 2.81. The zero-order valence-electron chi connectivity index (χ0n) is 14.3. The molecule has 0 unspecified atom stereocenters. The van der Waals surface area contributed by atoms with Crippen molar-refractivity contribution < 1.29 is 0 Å². The predicted octanol–water partition coefficient (Wildman–Crippen LogP) is 3.07. The zero-order valence-corrected chi connectivity index (χ0v) is 14.3. The summed E-state index contributed by atoms with van der Waals surface area (Å²) in [7, 11) is 2.03. The minimum atomic E-state index is -0.0679. The highest BCUT2D eigenvalue weighted by molar-refractivity contribution is 5.81. The molecule has 0 bridgehead atoms. The standard InChI is InChI=1S/C19H22N4O/c1-13(2)19-20-9-14(10-21-19)11-23(3)12-15-8-18(24)22-17-7-5-4-6-16(15)17/h4-10,13H,11-12H2,1-3H3,(H,22,24). The number of aromatic nitrogens is 3. The Morgan fingerprint density at radius 2 is 1.83 bits per heavy atom. The Labute approximate surface area is 141 Å². The van der Waals surface area contributed by atoms with Gasteiger partial charge in [-0.05, 0) is 18.7 Å². The van der Waals surface area contributed by atoms with Gasteiger partial charge in [0.25, 0.3) is 0 Å². The highest BCUT2D eigenvalue weighted by atomic mass is 16.1. The van der Waals surface area contributed by atoms with Gasteiger partial charge in [-0.15, -0.1) is 0 Å². The number of fused-ring (bicyclic) bond motifs is 1. The van der Waals surface area contributed by atoms with Gasteiger partial charge in [0, 0.05) is 53.9 Å². The lowest BCUT2D eigenvalue weighted by Crippen LogP contribution is -2.19. The van der Waals surface area contributed by atoms with Crippen LogP contribution in [0.4, 0.5) is 0 Å². The van der Waals surface area contributed by atoms with E-state index in [9.17, 15) is 4.79 Å². The van der Waals surface area contributed by atoms with Crippen LogP contribution in [0, 0.1) is 0 Å². The Bertz CT molecular complexity index is 884. The average molecular weight is 322 g/mol. The molecule has 2 heterocycles. The third kappa shape index (κ3) is 3.68. The van der Waals surface area contributed by atoms with E-state index in [2.05, 4.69) is 33.7 Å². The van der Waals surface area contributed by atoms with Crippen LogP contribution in [0.2, 0.25) is 0 Å². The van der Waals surface area contributed by atoms with Crippen LogP contribution in [0.3, 0.4) is 0 Å². The van der Waals surface area contributed by atoms with Gasteiger partial charge in [-0.1, -0.05) is 32.0 Å². The van der Waals surface area contributed by atoms with Crippen molar-refractivity contribution in [3.63, 3.8) is 0 Å². The van der Waals surface area contributed by atoms with Crippen molar-refractivity contribution in [2.24, 2.45) is 0 Å². The summed E-state index contributed by atoms with van der Waals surface area (Å²) < 4.78 is 0. The maximum atomic E-state index is 11.9. The molecule has 0 atom stereocenters. The normalized spacial score (nSPS) is 11.5. The lowest BCUT2D eigenvalue weighted by molar-refractivity contribution is 0.319. The maximum Gasteiger partial charge on any atom is 0.248 e. The highest BCUT2D eigenvalue weighted by Crippen LogP contribution is 2.17. The average Bonchev–Trinajstić information content (AvgIpc) is 2.55. The summed E-state index contributed by atoms with van der Waals surface area (Å²) in [5.41, 5.74) is 2.90. The zero-order chi connectivity index (χ0) is 17.1. The van der Waals surface area contributed by atoms with E-state index in [0.29, 0.717) is 12.5 Å². The fourth-order valence-corrected chi connectivity index (χ4v) is 2.81. The first-order valence-corrected chi connectivity index (χ1v) is 8.13. The predicted molar refractivity (Wildman–Crippen MR) is 95.9 cm³/mol. The van der Waals surface area contributed by atoms with E-state index >= 15 is 0 Å². The van der Waals surface area contributed by atoms with E-state index in [4.69, 9.17) is 0 Å². The third-order valence-electron chi connectivity index (χ3n) is 3.97. The third-order valence-corrected chi connectivity index (χ3v) is 3.97. The van der Waals surface area contributed by atoms with Crippen LogP contribution in [0.5, 0.6) is 0 Å². The van der Waals surface area contributed by atoms with Gasteiger partial charge < -0.3 is 4.98 Å². The Hall–Kier alpha value is -2.53. The summed E-state index contributed by atoms with van der Waals surface area (Å²) in [5, 5.41) is 1.08. The van der Waals surface area contributed by atoms with E-state index in [-0.39, 0.29) is 5.56 Å². The summed E-state index contributed by atoms with van der Waals surface area (Å²) in [6.45, 7) is 5.59. The number of hydrogen-bond acceptors (Lipinski definition) is 4. The molecule has 0 aliphatic rings. The van der Waals surface area contributed by atoms with E-state index in [1.54, 1.807) is 6.07 Å². The van der Waals surface area contributed by atoms with Gasteiger partial charge in [0.05, 0.1) is 0 Å². The Kier molecular flexibility index (Phi) is 4.71. The van der Waals surface area contributed by atoms with Crippen LogP contribution in [0.15, 0.2) is 47.5 Å². The number of pyridine rings is 1. The van der Waals surface area contributed by atoms with Crippen molar-refractivity contribution in [3.05, 3.63) is 70.0 Å². The van der Waals surface area contributed by atoms with Crippen LogP contribution in [-0.4, -0.2) is 26.9 Å².